The van der Waals surface area contributed by atoms with Crippen LogP contribution in [0, 0.1) is 5.41 Å². The fourth-order valence-electron chi connectivity index (χ4n) is 1.68. The van der Waals surface area contributed by atoms with Crippen LogP contribution in [0.5, 0.6) is 5.88 Å². The SMILES string of the molecule is CC(C)(CO)COc1ncnc2[nH]cc(C=CC(N)=O)c12. The highest BCUT2D eigenvalue weighted by atomic mass is 16.5. The number of nitrogens with one attached hydrogen (secondary N) is 1. The number of aliphatic hydroxyl groups excluding tert-OH is 1. The van der Waals surface area contributed by atoms with Crippen molar-refractivity contribution in [2.75, 3.05) is 13.2 Å². The molecule has 0 aliphatic carbocycles. The fourth-order valence-corrected chi connectivity index (χ4v) is 1.68. The van der Waals surface area contributed by atoms with E-state index < -0.39 is 5.91 Å². The maximum absolute atomic E-state index is 10.8. The summed E-state index contributed by atoms with van der Waals surface area (Å²) in [6, 6.07) is 0. The van der Waals surface area contributed by atoms with E-state index in [-0.39, 0.29) is 12.0 Å². The van der Waals surface area contributed by atoms with Gasteiger partial charge in [-0.05, 0) is 6.08 Å². The van der Waals surface area contributed by atoms with Gasteiger partial charge in [0.05, 0.1) is 18.6 Å². The third-order valence-electron chi connectivity index (χ3n) is 2.92. The summed E-state index contributed by atoms with van der Waals surface area (Å²) in [6.45, 7) is 4.08. The molecule has 0 saturated heterocycles. The molecule has 0 atom stereocenters. The first-order valence-electron chi connectivity index (χ1n) is 6.46. The molecule has 21 heavy (non-hydrogen) atoms. The molecular formula is C14H18N4O3. The predicted molar refractivity (Wildman–Crippen MR) is 78.5 cm³/mol. The van der Waals surface area contributed by atoms with E-state index in [0.29, 0.717) is 29.1 Å². The molecule has 1 amide bonds. The van der Waals surface area contributed by atoms with E-state index >= 15 is 0 Å². The lowest BCUT2D eigenvalue weighted by Gasteiger charge is -2.21. The standard InChI is InChI=1S/C14H18N4O3/c1-14(2,6-19)7-21-13-11-9(3-4-10(15)20)5-16-12(11)17-8-18-13/h3-5,8,19H,6-7H2,1-2H3,(H2,15,20)(H,16,17,18). The van der Waals surface area contributed by atoms with Crippen molar-refractivity contribution < 1.29 is 14.6 Å². The summed E-state index contributed by atoms with van der Waals surface area (Å²) in [5.41, 5.74) is 6.03. The number of primary amides is 1. The van der Waals surface area contributed by atoms with Gasteiger partial charge in [-0.15, -0.1) is 0 Å². The first-order valence-corrected chi connectivity index (χ1v) is 6.46. The molecule has 0 aliphatic heterocycles. The van der Waals surface area contributed by atoms with Gasteiger partial charge in [-0.25, -0.2) is 9.97 Å². The lowest BCUT2D eigenvalue weighted by molar-refractivity contribution is -0.113. The topological polar surface area (TPSA) is 114 Å². The zero-order valence-electron chi connectivity index (χ0n) is 12.0. The van der Waals surface area contributed by atoms with Gasteiger partial charge in [0.2, 0.25) is 11.8 Å². The Morgan fingerprint density at radius 2 is 2.29 bits per heavy atom. The maximum atomic E-state index is 10.8. The van der Waals surface area contributed by atoms with Gasteiger partial charge in [-0.1, -0.05) is 13.8 Å². The van der Waals surface area contributed by atoms with Crippen molar-refractivity contribution in [3.63, 3.8) is 0 Å². The van der Waals surface area contributed by atoms with Crippen LogP contribution in [0.15, 0.2) is 18.6 Å². The van der Waals surface area contributed by atoms with Crippen LogP contribution in [-0.2, 0) is 4.79 Å². The Morgan fingerprint density at radius 3 is 2.95 bits per heavy atom. The predicted octanol–water partition coefficient (Wildman–Crippen LogP) is 0.854. The monoisotopic (exact) mass is 290 g/mol. The second-order valence-corrected chi connectivity index (χ2v) is 5.49. The van der Waals surface area contributed by atoms with Crippen LogP contribution in [0.2, 0.25) is 0 Å². The number of carbonyl (C=O) groups is 1. The molecule has 0 fully saturated rings. The van der Waals surface area contributed by atoms with Crippen LogP contribution in [0.3, 0.4) is 0 Å². The number of nitrogens with zero attached hydrogens (tertiary/aromatic N) is 2. The van der Waals surface area contributed by atoms with Gasteiger partial charge in [0.1, 0.15) is 12.0 Å². The van der Waals surface area contributed by atoms with E-state index in [9.17, 15) is 9.90 Å². The van der Waals surface area contributed by atoms with Crippen LogP contribution in [0.1, 0.15) is 19.4 Å². The molecule has 2 aromatic rings. The van der Waals surface area contributed by atoms with Gasteiger partial charge in [-0.2, -0.15) is 0 Å². The van der Waals surface area contributed by atoms with Crippen LogP contribution in [0.25, 0.3) is 17.1 Å². The number of hydrogen-bond acceptors (Lipinski definition) is 5. The van der Waals surface area contributed by atoms with Crippen molar-refractivity contribution in [3.8, 4) is 5.88 Å². The number of hydrogen-bond donors (Lipinski definition) is 3. The van der Waals surface area contributed by atoms with Crippen molar-refractivity contribution in [3.05, 3.63) is 24.2 Å². The first-order chi connectivity index (χ1) is 9.93. The molecule has 7 heteroatoms. The second-order valence-electron chi connectivity index (χ2n) is 5.49. The van der Waals surface area contributed by atoms with Gasteiger partial charge >= 0.3 is 0 Å². The Labute approximate surface area is 121 Å². The number of carbonyl (C=O) groups excluding carboxylic acids is 1. The molecule has 7 nitrogen and oxygen atoms in total. The van der Waals surface area contributed by atoms with Crippen molar-refractivity contribution in [1.82, 2.24) is 15.0 Å². The largest absolute Gasteiger partial charge is 0.476 e. The highest BCUT2D eigenvalue weighted by Gasteiger charge is 2.19. The Kier molecular flexibility index (Phi) is 4.23. The number of fused-ring (bicyclic) bond motifs is 1. The molecule has 0 aliphatic rings. The number of amides is 1. The van der Waals surface area contributed by atoms with Crippen molar-refractivity contribution in [2.45, 2.75) is 13.8 Å². The van der Waals surface area contributed by atoms with E-state index in [1.54, 1.807) is 12.3 Å². The minimum absolute atomic E-state index is 0.00278. The van der Waals surface area contributed by atoms with Crippen LogP contribution < -0.4 is 10.5 Å². The quantitative estimate of drug-likeness (QED) is 0.682. The van der Waals surface area contributed by atoms with Gasteiger partial charge < -0.3 is 20.6 Å². The molecule has 0 spiro atoms. The number of aromatic nitrogens is 3. The molecule has 112 valence electrons. The highest BCUT2D eigenvalue weighted by molar-refractivity contribution is 5.96. The number of H-pyrrole nitrogens is 1. The van der Waals surface area contributed by atoms with E-state index in [2.05, 4.69) is 15.0 Å². The van der Waals surface area contributed by atoms with Crippen LogP contribution >= 0.6 is 0 Å². The average molecular weight is 290 g/mol. The van der Waals surface area contributed by atoms with Crippen LogP contribution in [-0.4, -0.2) is 39.2 Å². The highest BCUT2D eigenvalue weighted by Crippen LogP contribution is 2.27. The van der Waals surface area contributed by atoms with Gasteiger partial charge in [0.25, 0.3) is 0 Å². The smallest absolute Gasteiger partial charge is 0.241 e. The van der Waals surface area contributed by atoms with Gasteiger partial charge in [0, 0.05) is 23.3 Å². The lowest BCUT2D eigenvalue weighted by Crippen LogP contribution is -2.25. The Hall–Kier alpha value is -2.41. The van der Waals surface area contributed by atoms with Crippen molar-refractivity contribution >= 4 is 23.0 Å². The van der Waals surface area contributed by atoms with Crippen molar-refractivity contribution in [1.29, 1.82) is 0 Å². The first kappa shape index (κ1) is 15.0. The summed E-state index contributed by atoms with van der Waals surface area (Å²) in [5.74, 6) is -0.142. The third kappa shape index (κ3) is 3.57. The Morgan fingerprint density at radius 1 is 1.52 bits per heavy atom. The lowest BCUT2D eigenvalue weighted by atomic mass is 9.97. The van der Waals surface area contributed by atoms with Crippen LogP contribution in [0.4, 0.5) is 0 Å². The molecular weight excluding hydrogens is 272 g/mol. The molecule has 0 aromatic carbocycles. The fraction of sp³-hybridized carbons (Fsp3) is 0.357. The number of ether oxygens (including phenoxy) is 1. The molecule has 2 heterocycles. The summed E-state index contributed by atoms with van der Waals surface area (Å²) >= 11 is 0. The number of nitrogens with two attached hydrogens (primary N) is 1. The number of rotatable bonds is 6. The van der Waals surface area contributed by atoms with E-state index in [1.807, 2.05) is 13.8 Å². The minimum atomic E-state index is -0.537. The Bertz CT molecular complexity index is 676. The van der Waals surface area contributed by atoms with Gasteiger partial charge in [-0.3, -0.25) is 4.79 Å². The average Bonchev–Trinajstić information content (AvgIpc) is 2.87. The summed E-state index contributed by atoms with van der Waals surface area (Å²) in [7, 11) is 0. The second kappa shape index (κ2) is 5.92. The zero-order chi connectivity index (χ0) is 15.5. The molecule has 0 unspecified atom stereocenters. The van der Waals surface area contributed by atoms with E-state index in [1.165, 1.54) is 12.4 Å². The molecule has 0 bridgehead atoms. The summed E-state index contributed by atoms with van der Waals surface area (Å²) in [4.78, 5) is 22.1. The number of aliphatic hydroxyl groups is 1. The molecule has 2 rings (SSSR count). The molecule has 2 aromatic heterocycles. The van der Waals surface area contributed by atoms with E-state index in [0.717, 1.165) is 0 Å². The zero-order valence-corrected chi connectivity index (χ0v) is 12.0. The molecule has 0 saturated carbocycles. The summed E-state index contributed by atoms with van der Waals surface area (Å²) in [6.07, 6.45) is 5.93. The molecule has 4 N–H and O–H groups in total. The van der Waals surface area contributed by atoms with Gasteiger partial charge in [0.15, 0.2) is 0 Å². The Balaban J connectivity index is 2.35. The summed E-state index contributed by atoms with van der Waals surface area (Å²) < 4.78 is 5.70. The minimum Gasteiger partial charge on any atom is -0.476 e. The number of aromatic amines is 1. The van der Waals surface area contributed by atoms with E-state index in [4.69, 9.17) is 10.5 Å². The third-order valence-corrected chi connectivity index (χ3v) is 2.92. The molecule has 0 radical (unpaired) electrons. The normalized spacial score (nSPS) is 12.1. The van der Waals surface area contributed by atoms with Crippen molar-refractivity contribution in [2.24, 2.45) is 11.1 Å². The summed E-state index contributed by atoms with van der Waals surface area (Å²) in [5, 5.41) is 9.93. The maximum Gasteiger partial charge on any atom is 0.241 e.